The zero-order valence-electron chi connectivity index (χ0n) is 35.6. The van der Waals surface area contributed by atoms with Gasteiger partial charge in [0.25, 0.3) is 5.91 Å². The van der Waals surface area contributed by atoms with Gasteiger partial charge in [-0.25, -0.2) is 4.98 Å². The zero-order valence-corrected chi connectivity index (χ0v) is 35.6. The largest absolute Gasteiger partial charge is 0.418 e. The van der Waals surface area contributed by atoms with E-state index in [1.807, 2.05) is 31.2 Å². The molecule has 0 spiro atoms. The number of alkyl halides is 3. The maximum absolute atomic E-state index is 13.1. The Morgan fingerprint density at radius 1 is 1.03 bits per heavy atom. The van der Waals surface area contributed by atoms with Crippen molar-refractivity contribution in [3.05, 3.63) is 88.1 Å². The molecule has 0 saturated carbocycles. The topological polar surface area (TPSA) is 177 Å². The van der Waals surface area contributed by atoms with Crippen molar-refractivity contribution in [2.75, 3.05) is 57.1 Å². The van der Waals surface area contributed by atoms with Crippen LogP contribution in [0.15, 0.2) is 54.7 Å². The van der Waals surface area contributed by atoms with Gasteiger partial charge in [0.2, 0.25) is 23.6 Å². The Hall–Kier alpha value is -5.86. The Balaban J connectivity index is 0.000000317. The van der Waals surface area contributed by atoms with E-state index in [4.69, 9.17) is 10.00 Å². The number of aryl methyl sites for hydroxylation is 1. The number of nitriles is 1. The number of piperidine rings is 1. The van der Waals surface area contributed by atoms with Crippen LogP contribution in [0.2, 0.25) is 0 Å². The number of nitrogens with one attached hydrogen (secondary N) is 3. The Kier molecular flexibility index (Phi) is 16.9. The van der Waals surface area contributed by atoms with E-state index < -0.39 is 40.8 Å². The second-order valence-electron chi connectivity index (χ2n) is 15.4. The number of likely N-dealkylation sites (N-methyl/N-ethyl adjacent to an activating group) is 1. The number of hydrogen-bond donors (Lipinski definition) is 3. The minimum absolute atomic E-state index is 0.00745. The van der Waals surface area contributed by atoms with Gasteiger partial charge in [-0.2, -0.15) is 18.4 Å². The highest BCUT2D eigenvalue weighted by Gasteiger charge is 2.38. The Morgan fingerprint density at radius 2 is 1.72 bits per heavy atom. The molecule has 2 aliphatic rings. The van der Waals surface area contributed by atoms with Crippen molar-refractivity contribution in [1.29, 1.82) is 5.26 Å². The molecule has 328 valence electrons. The SMILES string of the molecule is CCC(C)(OC)C(=O)Nc1ccc(C#N)c(C(F)(F)F)c1C.Cc1ccc(CNC(=O)CCCN2CCN(c3cc(CC(=O)N(C)C4CCC(=O)NC4=O)ccn3)CC2)cc1. The van der Waals surface area contributed by atoms with Crippen LogP contribution >= 0.6 is 0 Å². The summed E-state index contributed by atoms with van der Waals surface area (Å²) in [7, 11) is 2.97. The molecule has 0 radical (unpaired) electrons. The molecule has 2 aromatic carbocycles. The molecule has 0 bridgehead atoms. The molecule has 2 unspecified atom stereocenters. The molecule has 1 aromatic heterocycles. The smallest absolute Gasteiger partial charge is 0.369 e. The molecule has 2 fully saturated rings. The van der Waals surface area contributed by atoms with Crippen LogP contribution in [-0.2, 0) is 47.9 Å². The number of halogens is 3. The van der Waals surface area contributed by atoms with E-state index >= 15 is 0 Å². The highest BCUT2D eigenvalue weighted by molar-refractivity contribution is 6.01. The number of aromatic nitrogens is 1. The Bertz CT molecular complexity index is 2080. The fraction of sp³-hybridized carbons (Fsp3) is 0.477. The molecule has 3 aromatic rings. The van der Waals surface area contributed by atoms with E-state index in [-0.39, 0.29) is 41.8 Å². The van der Waals surface area contributed by atoms with Crippen LogP contribution in [0.25, 0.3) is 0 Å². The Morgan fingerprint density at radius 3 is 2.33 bits per heavy atom. The summed E-state index contributed by atoms with van der Waals surface area (Å²) in [6.45, 7) is 11.4. The van der Waals surface area contributed by atoms with E-state index in [0.29, 0.717) is 25.8 Å². The number of imide groups is 1. The third-order valence-corrected chi connectivity index (χ3v) is 11.1. The predicted octanol–water partition coefficient (Wildman–Crippen LogP) is 5.05. The van der Waals surface area contributed by atoms with Gasteiger partial charge in [0.1, 0.15) is 17.5 Å². The summed E-state index contributed by atoms with van der Waals surface area (Å²) in [6, 6.07) is 15.2. The first kappa shape index (κ1) is 47.8. The van der Waals surface area contributed by atoms with Crippen LogP contribution < -0.4 is 20.9 Å². The number of pyridine rings is 1. The molecule has 17 heteroatoms. The summed E-state index contributed by atoms with van der Waals surface area (Å²) in [5, 5.41) is 16.6. The van der Waals surface area contributed by atoms with Crippen molar-refractivity contribution in [3.63, 3.8) is 0 Å². The maximum atomic E-state index is 13.1. The lowest BCUT2D eigenvalue weighted by molar-refractivity contribution is -0.144. The fourth-order valence-corrected chi connectivity index (χ4v) is 6.88. The van der Waals surface area contributed by atoms with Crippen molar-refractivity contribution in [2.45, 2.75) is 90.6 Å². The normalized spacial score (nSPS) is 16.6. The van der Waals surface area contributed by atoms with E-state index in [0.717, 1.165) is 62.2 Å². The quantitative estimate of drug-likeness (QED) is 0.186. The minimum atomic E-state index is -4.68. The molecule has 3 heterocycles. The number of rotatable bonds is 14. The van der Waals surface area contributed by atoms with Gasteiger partial charge in [0, 0.05) is 71.6 Å². The van der Waals surface area contributed by atoms with Gasteiger partial charge in [-0.15, -0.1) is 0 Å². The fourth-order valence-electron chi connectivity index (χ4n) is 6.88. The molecule has 2 aliphatic heterocycles. The molecule has 2 atom stereocenters. The van der Waals surface area contributed by atoms with Crippen molar-refractivity contribution in [2.24, 2.45) is 0 Å². The van der Waals surface area contributed by atoms with E-state index in [1.165, 1.54) is 36.6 Å². The third-order valence-electron chi connectivity index (χ3n) is 11.1. The molecule has 0 aliphatic carbocycles. The van der Waals surface area contributed by atoms with Gasteiger partial charge in [0.15, 0.2) is 0 Å². The van der Waals surface area contributed by atoms with Crippen LogP contribution in [0.5, 0.6) is 0 Å². The van der Waals surface area contributed by atoms with E-state index in [1.54, 1.807) is 27.1 Å². The van der Waals surface area contributed by atoms with Crippen molar-refractivity contribution < 1.29 is 41.9 Å². The first-order valence-electron chi connectivity index (χ1n) is 20.2. The number of methoxy groups -OCH3 is 1. The highest BCUT2D eigenvalue weighted by Crippen LogP contribution is 2.37. The molecule has 3 N–H and O–H groups in total. The molecule has 5 rings (SSSR count). The summed E-state index contributed by atoms with van der Waals surface area (Å²) < 4.78 is 44.4. The van der Waals surface area contributed by atoms with Crippen molar-refractivity contribution >= 4 is 41.0 Å². The van der Waals surface area contributed by atoms with E-state index in [9.17, 15) is 37.1 Å². The van der Waals surface area contributed by atoms with Crippen LogP contribution in [0.4, 0.5) is 24.7 Å². The number of nitrogens with zero attached hydrogens (tertiary/aromatic N) is 5. The van der Waals surface area contributed by atoms with Crippen LogP contribution in [0.1, 0.15) is 79.3 Å². The summed E-state index contributed by atoms with van der Waals surface area (Å²) >= 11 is 0. The number of piperazine rings is 1. The lowest BCUT2D eigenvalue weighted by Crippen LogP contribution is -2.53. The van der Waals surface area contributed by atoms with E-state index in [2.05, 4.69) is 42.9 Å². The molecule has 5 amide bonds. The average molecular weight is 849 g/mol. The molecule has 14 nitrogen and oxygen atoms in total. The van der Waals surface area contributed by atoms with Crippen LogP contribution in [0, 0.1) is 25.2 Å². The number of anilines is 2. The third kappa shape index (κ3) is 13.3. The summed E-state index contributed by atoms with van der Waals surface area (Å²) in [5.74, 6) is -0.520. The lowest BCUT2D eigenvalue weighted by Gasteiger charge is -2.35. The first-order valence-corrected chi connectivity index (χ1v) is 20.2. The summed E-state index contributed by atoms with van der Waals surface area (Å²) in [6.07, 6.45) is -0.534. The van der Waals surface area contributed by atoms with Crippen molar-refractivity contribution in [1.82, 2.24) is 25.4 Å². The average Bonchev–Trinajstić information content (AvgIpc) is 3.23. The van der Waals surface area contributed by atoms with Crippen LogP contribution in [0.3, 0.4) is 0 Å². The summed E-state index contributed by atoms with van der Waals surface area (Å²) in [5.41, 5.74) is 0.299. The van der Waals surface area contributed by atoms with Crippen LogP contribution in [-0.4, -0.2) is 103 Å². The second-order valence-corrected chi connectivity index (χ2v) is 15.4. The van der Waals surface area contributed by atoms with Gasteiger partial charge < -0.3 is 25.2 Å². The maximum Gasteiger partial charge on any atom is 0.418 e. The number of ether oxygens (including phenoxy) is 1. The van der Waals surface area contributed by atoms with Crippen molar-refractivity contribution in [3.8, 4) is 6.07 Å². The first-order chi connectivity index (χ1) is 28.9. The number of carbonyl (C=O) groups excluding carboxylic acids is 5. The predicted molar refractivity (Wildman–Crippen MR) is 223 cm³/mol. The zero-order chi connectivity index (χ0) is 44.9. The van der Waals surface area contributed by atoms with Gasteiger partial charge in [-0.3, -0.25) is 34.2 Å². The number of benzene rings is 2. The van der Waals surface area contributed by atoms with Gasteiger partial charge >= 0.3 is 6.18 Å². The van der Waals surface area contributed by atoms with Gasteiger partial charge in [-0.05, 0) is 87.5 Å². The van der Waals surface area contributed by atoms with Gasteiger partial charge in [0.05, 0.1) is 23.6 Å². The molecular formula is C44H55F3N8O6. The minimum Gasteiger partial charge on any atom is -0.369 e. The number of carbonyl (C=O) groups is 5. The lowest BCUT2D eigenvalue weighted by atomic mass is 9.98. The Labute approximate surface area is 354 Å². The monoisotopic (exact) mass is 848 g/mol. The van der Waals surface area contributed by atoms with Gasteiger partial charge in [-0.1, -0.05) is 36.8 Å². The highest BCUT2D eigenvalue weighted by atomic mass is 19.4. The molecule has 61 heavy (non-hydrogen) atoms. The summed E-state index contributed by atoms with van der Waals surface area (Å²) in [4.78, 5) is 71.3. The molecule has 2 saturated heterocycles. The standard InChI is InChI=1S/C29H38N6O4.C15H17F3N2O2/c1-21-5-7-22(8-6-21)20-31-26(36)4-3-13-34-14-16-35(17-15-34)25-18-23(11-12-30-25)19-28(38)33(2)24-9-10-27(37)32-29(24)39;1-5-14(3,22-4)13(21)20-11-7-6-10(8-19)12(9(11)2)15(16,17)18/h5-8,11-12,18,24H,3-4,9-10,13-17,19-20H2,1-2H3,(H,31,36)(H,32,37,39);6-7H,5H2,1-4H3,(H,20,21). The number of hydrogen-bond acceptors (Lipinski definition) is 10. The molecular weight excluding hydrogens is 794 g/mol. The second kappa shape index (κ2) is 21.6. The number of amides is 5.